The third-order valence-corrected chi connectivity index (χ3v) is 3.75. The fourth-order valence-corrected chi connectivity index (χ4v) is 2.79. The van der Waals surface area contributed by atoms with E-state index in [2.05, 4.69) is 24.1 Å². The highest BCUT2D eigenvalue weighted by molar-refractivity contribution is 5.73. The van der Waals surface area contributed by atoms with Gasteiger partial charge >= 0.3 is 5.97 Å². The van der Waals surface area contributed by atoms with Gasteiger partial charge in [0.15, 0.2) is 0 Å². The molecule has 1 rings (SSSR count). The van der Waals surface area contributed by atoms with Crippen LogP contribution in [-0.4, -0.2) is 48.2 Å². The minimum Gasteiger partial charge on any atom is -0.480 e. The molecule has 106 valence electrons. The van der Waals surface area contributed by atoms with Gasteiger partial charge in [0.25, 0.3) is 0 Å². The Kier molecular flexibility index (Phi) is 7.28. The van der Waals surface area contributed by atoms with Crippen LogP contribution in [-0.2, 0) is 4.79 Å². The number of piperidine rings is 1. The minimum absolute atomic E-state index is 0.287. The van der Waals surface area contributed by atoms with Crippen molar-refractivity contribution >= 4 is 5.97 Å². The number of aliphatic carboxylic acids is 1. The Bertz CT molecular complexity index is 240. The zero-order chi connectivity index (χ0) is 13.4. The Morgan fingerprint density at radius 1 is 1.33 bits per heavy atom. The Morgan fingerprint density at radius 3 is 2.50 bits per heavy atom. The maximum Gasteiger partial charge on any atom is 0.320 e. The monoisotopic (exact) mass is 256 g/mol. The maximum atomic E-state index is 11.4. The van der Waals surface area contributed by atoms with Crippen LogP contribution < -0.4 is 5.32 Å². The molecule has 0 spiro atoms. The van der Waals surface area contributed by atoms with Crippen molar-refractivity contribution < 1.29 is 9.90 Å². The van der Waals surface area contributed by atoms with Gasteiger partial charge in [-0.25, -0.2) is 0 Å². The van der Waals surface area contributed by atoms with Crippen molar-refractivity contribution in [2.75, 3.05) is 26.2 Å². The molecule has 1 heterocycles. The van der Waals surface area contributed by atoms with Crippen molar-refractivity contribution in [1.29, 1.82) is 0 Å². The molecule has 0 aliphatic carbocycles. The van der Waals surface area contributed by atoms with Crippen LogP contribution in [0.3, 0.4) is 0 Å². The zero-order valence-corrected chi connectivity index (χ0v) is 11.8. The molecule has 18 heavy (non-hydrogen) atoms. The molecule has 2 N–H and O–H groups in total. The molecule has 0 aromatic heterocycles. The summed E-state index contributed by atoms with van der Waals surface area (Å²) >= 11 is 0. The minimum atomic E-state index is -0.653. The SMILES string of the molecule is CCCC(C(=O)O)N(CCC)CC1CCNCC1. The van der Waals surface area contributed by atoms with Crippen LogP contribution in [0.15, 0.2) is 0 Å². The number of nitrogens with zero attached hydrogens (tertiary/aromatic N) is 1. The van der Waals surface area contributed by atoms with E-state index in [1.54, 1.807) is 0 Å². The van der Waals surface area contributed by atoms with E-state index in [0.29, 0.717) is 5.92 Å². The van der Waals surface area contributed by atoms with Crippen LogP contribution in [0.2, 0.25) is 0 Å². The van der Waals surface area contributed by atoms with Gasteiger partial charge in [-0.1, -0.05) is 20.3 Å². The van der Waals surface area contributed by atoms with Gasteiger partial charge in [-0.2, -0.15) is 0 Å². The first-order valence-corrected chi connectivity index (χ1v) is 7.36. The number of carboxylic acid groups (broad SMARTS) is 1. The summed E-state index contributed by atoms with van der Waals surface area (Å²) in [5, 5.41) is 12.7. The third kappa shape index (κ3) is 4.94. The van der Waals surface area contributed by atoms with Crippen molar-refractivity contribution in [1.82, 2.24) is 10.2 Å². The second kappa shape index (κ2) is 8.48. The summed E-state index contributed by atoms with van der Waals surface area (Å²) in [5.41, 5.74) is 0. The number of rotatable bonds is 8. The molecular weight excluding hydrogens is 228 g/mol. The fraction of sp³-hybridized carbons (Fsp3) is 0.929. The number of nitrogens with one attached hydrogen (secondary N) is 1. The molecule has 1 aliphatic heterocycles. The van der Waals surface area contributed by atoms with Gasteiger partial charge in [0.05, 0.1) is 0 Å². The highest BCUT2D eigenvalue weighted by Gasteiger charge is 2.26. The van der Waals surface area contributed by atoms with Crippen molar-refractivity contribution in [2.45, 2.75) is 52.0 Å². The molecule has 1 saturated heterocycles. The van der Waals surface area contributed by atoms with Crippen LogP contribution in [0, 0.1) is 5.92 Å². The lowest BCUT2D eigenvalue weighted by atomic mass is 9.96. The first kappa shape index (κ1) is 15.4. The number of carboxylic acids is 1. The zero-order valence-electron chi connectivity index (χ0n) is 11.8. The largest absolute Gasteiger partial charge is 0.480 e. The maximum absolute atomic E-state index is 11.4. The number of hydrogen-bond acceptors (Lipinski definition) is 3. The number of carbonyl (C=O) groups is 1. The van der Waals surface area contributed by atoms with Gasteiger partial charge in [0.1, 0.15) is 6.04 Å². The summed E-state index contributed by atoms with van der Waals surface area (Å²) in [4.78, 5) is 13.6. The Balaban J connectivity index is 2.57. The van der Waals surface area contributed by atoms with Gasteiger partial charge in [0, 0.05) is 6.54 Å². The molecule has 0 aromatic carbocycles. The Labute approximate surface area is 111 Å². The van der Waals surface area contributed by atoms with Crippen LogP contribution in [0.1, 0.15) is 46.0 Å². The van der Waals surface area contributed by atoms with Gasteiger partial charge in [-0.15, -0.1) is 0 Å². The quantitative estimate of drug-likeness (QED) is 0.697. The lowest BCUT2D eigenvalue weighted by Gasteiger charge is -2.33. The summed E-state index contributed by atoms with van der Waals surface area (Å²) in [7, 11) is 0. The topological polar surface area (TPSA) is 52.6 Å². The van der Waals surface area contributed by atoms with Crippen LogP contribution in [0.5, 0.6) is 0 Å². The molecule has 1 aliphatic rings. The third-order valence-electron chi connectivity index (χ3n) is 3.75. The van der Waals surface area contributed by atoms with E-state index in [4.69, 9.17) is 0 Å². The fourth-order valence-electron chi connectivity index (χ4n) is 2.79. The van der Waals surface area contributed by atoms with Crippen LogP contribution in [0.4, 0.5) is 0 Å². The Hall–Kier alpha value is -0.610. The van der Waals surface area contributed by atoms with E-state index in [1.807, 2.05) is 0 Å². The van der Waals surface area contributed by atoms with E-state index in [0.717, 1.165) is 45.4 Å². The first-order chi connectivity index (χ1) is 8.69. The average Bonchev–Trinajstić information content (AvgIpc) is 2.36. The molecule has 1 fully saturated rings. The van der Waals surface area contributed by atoms with Crippen LogP contribution in [0.25, 0.3) is 0 Å². The van der Waals surface area contributed by atoms with E-state index >= 15 is 0 Å². The van der Waals surface area contributed by atoms with E-state index in [-0.39, 0.29) is 6.04 Å². The highest BCUT2D eigenvalue weighted by atomic mass is 16.4. The van der Waals surface area contributed by atoms with Gasteiger partial charge in [0.2, 0.25) is 0 Å². The molecular formula is C14H28N2O2. The van der Waals surface area contributed by atoms with E-state index in [9.17, 15) is 9.90 Å². The Morgan fingerprint density at radius 2 is 2.00 bits per heavy atom. The molecule has 0 radical (unpaired) electrons. The second-order valence-electron chi connectivity index (χ2n) is 5.33. The summed E-state index contributed by atoms with van der Waals surface area (Å²) in [5.74, 6) is 0.00994. The van der Waals surface area contributed by atoms with E-state index < -0.39 is 5.97 Å². The summed E-state index contributed by atoms with van der Waals surface area (Å²) in [6.07, 6.45) is 5.08. The normalized spacial score (nSPS) is 19.1. The standard InChI is InChI=1S/C14H28N2O2/c1-3-5-13(14(17)18)16(10-4-2)11-12-6-8-15-9-7-12/h12-13,15H,3-11H2,1-2H3,(H,17,18). The lowest BCUT2D eigenvalue weighted by Crippen LogP contribution is -2.45. The van der Waals surface area contributed by atoms with Gasteiger partial charge in [-0.3, -0.25) is 9.69 Å². The molecule has 0 amide bonds. The molecule has 0 saturated carbocycles. The van der Waals surface area contributed by atoms with Crippen molar-refractivity contribution in [3.8, 4) is 0 Å². The first-order valence-electron chi connectivity index (χ1n) is 7.36. The van der Waals surface area contributed by atoms with Crippen molar-refractivity contribution in [2.24, 2.45) is 5.92 Å². The smallest absolute Gasteiger partial charge is 0.320 e. The second-order valence-corrected chi connectivity index (χ2v) is 5.33. The van der Waals surface area contributed by atoms with Gasteiger partial charge < -0.3 is 10.4 Å². The summed E-state index contributed by atoms with van der Waals surface area (Å²) in [6.45, 7) is 8.20. The molecule has 4 nitrogen and oxygen atoms in total. The average molecular weight is 256 g/mol. The molecule has 0 bridgehead atoms. The summed E-state index contributed by atoms with van der Waals surface area (Å²) < 4.78 is 0. The number of hydrogen-bond donors (Lipinski definition) is 2. The predicted molar refractivity (Wildman–Crippen MR) is 73.8 cm³/mol. The molecule has 1 unspecified atom stereocenters. The van der Waals surface area contributed by atoms with Crippen LogP contribution >= 0.6 is 0 Å². The van der Waals surface area contributed by atoms with Gasteiger partial charge in [-0.05, 0) is 51.2 Å². The molecule has 0 aromatic rings. The molecule has 4 heteroatoms. The van der Waals surface area contributed by atoms with Crippen molar-refractivity contribution in [3.05, 3.63) is 0 Å². The summed E-state index contributed by atoms with van der Waals surface area (Å²) in [6, 6.07) is -0.287. The lowest BCUT2D eigenvalue weighted by molar-refractivity contribution is -0.144. The van der Waals surface area contributed by atoms with Crippen molar-refractivity contribution in [3.63, 3.8) is 0 Å². The predicted octanol–water partition coefficient (Wildman–Crippen LogP) is 1.95. The highest BCUT2D eigenvalue weighted by Crippen LogP contribution is 2.17. The molecule has 1 atom stereocenters. The van der Waals surface area contributed by atoms with E-state index in [1.165, 1.54) is 12.8 Å².